The predicted molar refractivity (Wildman–Crippen MR) is 132 cm³/mol. The molecule has 0 unspecified atom stereocenters. The second-order valence-corrected chi connectivity index (χ2v) is 9.45. The third kappa shape index (κ3) is 5.36. The average molecular weight is 452 g/mol. The van der Waals surface area contributed by atoms with E-state index in [0.29, 0.717) is 11.4 Å². The van der Waals surface area contributed by atoms with E-state index < -0.39 is 0 Å². The van der Waals surface area contributed by atoms with Crippen LogP contribution in [-0.2, 0) is 4.79 Å². The Hall–Kier alpha value is -2.93. The average Bonchev–Trinajstić information content (AvgIpc) is 3.21. The fourth-order valence-corrected chi connectivity index (χ4v) is 4.57. The van der Waals surface area contributed by atoms with Gasteiger partial charge >= 0.3 is 0 Å². The summed E-state index contributed by atoms with van der Waals surface area (Å²) in [6, 6.07) is 11.2. The van der Waals surface area contributed by atoms with E-state index >= 15 is 0 Å². The van der Waals surface area contributed by atoms with E-state index in [-0.39, 0.29) is 17.6 Å². The van der Waals surface area contributed by atoms with Crippen molar-refractivity contribution in [3.63, 3.8) is 0 Å². The summed E-state index contributed by atoms with van der Waals surface area (Å²) < 4.78 is 14.7. The number of piperidine rings is 1. The summed E-state index contributed by atoms with van der Waals surface area (Å²) >= 11 is 0. The van der Waals surface area contributed by atoms with Gasteiger partial charge in [0.15, 0.2) is 0 Å². The summed E-state index contributed by atoms with van der Waals surface area (Å²) in [6.07, 6.45) is 2.61. The summed E-state index contributed by atoms with van der Waals surface area (Å²) in [4.78, 5) is 27.0. The molecule has 0 atom stereocenters. The van der Waals surface area contributed by atoms with E-state index in [1.807, 2.05) is 63.3 Å². The van der Waals surface area contributed by atoms with Gasteiger partial charge in [-0.25, -0.2) is 9.37 Å². The van der Waals surface area contributed by atoms with Crippen LogP contribution in [-0.4, -0.2) is 73.0 Å². The van der Waals surface area contributed by atoms with Gasteiger partial charge in [0.2, 0.25) is 5.91 Å². The van der Waals surface area contributed by atoms with E-state index in [9.17, 15) is 9.18 Å². The molecule has 1 fully saturated rings. The van der Waals surface area contributed by atoms with Crippen molar-refractivity contribution >= 4 is 22.6 Å². The van der Waals surface area contributed by atoms with Crippen molar-refractivity contribution < 1.29 is 9.18 Å². The molecule has 7 heteroatoms. The van der Waals surface area contributed by atoms with Gasteiger partial charge in [-0.3, -0.25) is 4.79 Å². The lowest BCUT2D eigenvalue weighted by Gasteiger charge is -2.34. The number of carbonyl (C=O) groups excluding carboxylic acids is 1. The van der Waals surface area contributed by atoms with Crippen molar-refractivity contribution in [3.8, 4) is 11.4 Å². The first-order valence-electron chi connectivity index (χ1n) is 11.7. The van der Waals surface area contributed by atoms with Crippen molar-refractivity contribution in [1.29, 1.82) is 0 Å². The third-order valence-electron chi connectivity index (χ3n) is 6.53. The number of nitrogens with one attached hydrogen (secondary N) is 1. The highest BCUT2D eigenvalue weighted by atomic mass is 19.1. The molecule has 2 heterocycles. The summed E-state index contributed by atoms with van der Waals surface area (Å²) in [5.74, 6) is 0.549. The Morgan fingerprint density at radius 2 is 1.88 bits per heavy atom. The molecule has 1 N–H and O–H groups in total. The maximum atomic E-state index is 14.7. The first-order chi connectivity index (χ1) is 15.8. The lowest BCUT2D eigenvalue weighted by Crippen LogP contribution is -2.41. The number of rotatable bonds is 7. The Balaban J connectivity index is 1.42. The maximum absolute atomic E-state index is 14.7. The first-order valence-corrected chi connectivity index (χ1v) is 11.7. The highest BCUT2D eigenvalue weighted by Crippen LogP contribution is 2.30. The van der Waals surface area contributed by atoms with E-state index in [2.05, 4.69) is 19.8 Å². The summed E-state index contributed by atoms with van der Waals surface area (Å²) in [7, 11) is 6.01. The Morgan fingerprint density at radius 1 is 1.12 bits per heavy atom. The van der Waals surface area contributed by atoms with Crippen LogP contribution in [0.4, 0.5) is 10.1 Å². The van der Waals surface area contributed by atoms with Crippen molar-refractivity contribution in [2.24, 2.45) is 5.92 Å². The lowest BCUT2D eigenvalue weighted by atomic mass is 9.94. The van der Waals surface area contributed by atoms with Crippen LogP contribution in [0.1, 0.15) is 24.8 Å². The molecule has 4 rings (SSSR count). The van der Waals surface area contributed by atoms with Gasteiger partial charge in [-0.05, 0) is 82.7 Å². The van der Waals surface area contributed by atoms with Gasteiger partial charge in [-0.1, -0.05) is 6.07 Å². The summed E-state index contributed by atoms with van der Waals surface area (Å²) in [6.45, 7) is 5.36. The van der Waals surface area contributed by atoms with Crippen molar-refractivity contribution in [3.05, 3.63) is 47.8 Å². The largest absolute Gasteiger partial charge is 0.371 e. The molecule has 0 spiro atoms. The molecule has 1 aromatic heterocycles. The molecule has 176 valence electrons. The van der Waals surface area contributed by atoms with Gasteiger partial charge < -0.3 is 19.7 Å². The number of aromatic nitrogens is 2. The molecule has 1 amide bonds. The Bertz CT molecular complexity index is 1120. The van der Waals surface area contributed by atoms with Crippen molar-refractivity contribution in [1.82, 2.24) is 19.8 Å². The zero-order valence-corrected chi connectivity index (χ0v) is 20.1. The van der Waals surface area contributed by atoms with Crippen molar-refractivity contribution in [2.75, 3.05) is 52.2 Å². The molecule has 6 nitrogen and oxygen atoms in total. The molecule has 0 bridgehead atoms. The van der Waals surface area contributed by atoms with Crippen LogP contribution in [0.3, 0.4) is 0 Å². The number of fused-ring (bicyclic) bond motifs is 1. The van der Waals surface area contributed by atoms with Gasteiger partial charge in [0.25, 0.3) is 0 Å². The zero-order chi connectivity index (χ0) is 23.5. The number of anilines is 1. The highest BCUT2D eigenvalue weighted by molar-refractivity contribution is 5.81. The van der Waals surface area contributed by atoms with Gasteiger partial charge in [0.1, 0.15) is 11.6 Å². The smallest absolute Gasteiger partial charge is 0.225 e. The second-order valence-electron chi connectivity index (χ2n) is 9.45. The molecule has 0 saturated carbocycles. The van der Waals surface area contributed by atoms with Crippen LogP contribution >= 0.6 is 0 Å². The van der Waals surface area contributed by atoms with E-state index in [0.717, 1.165) is 67.7 Å². The lowest BCUT2D eigenvalue weighted by molar-refractivity contribution is -0.134. The van der Waals surface area contributed by atoms with E-state index in [1.54, 1.807) is 0 Å². The van der Waals surface area contributed by atoms with Crippen LogP contribution in [0.2, 0.25) is 0 Å². The van der Waals surface area contributed by atoms with Crippen LogP contribution in [0.25, 0.3) is 22.4 Å². The number of aryl methyl sites for hydroxylation is 1. The van der Waals surface area contributed by atoms with Crippen LogP contribution in [0, 0.1) is 18.7 Å². The van der Waals surface area contributed by atoms with Crippen molar-refractivity contribution in [2.45, 2.75) is 26.2 Å². The minimum atomic E-state index is -0.293. The molecular formula is C26H34FN5O. The third-order valence-corrected chi connectivity index (χ3v) is 6.53. The monoisotopic (exact) mass is 451 g/mol. The normalized spacial score (nSPS) is 14.9. The van der Waals surface area contributed by atoms with Crippen LogP contribution < -0.4 is 4.90 Å². The minimum Gasteiger partial charge on any atom is -0.371 e. The fraction of sp³-hybridized carbons (Fsp3) is 0.462. The van der Waals surface area contributed by atoms with E-state index in [4.69, 9.17) is 0 Å². The Labute approximate surface area is 195 Å². The molecule has 1 aliphatic heterocycles. The number of aromatic amines is 1. The van der Waals surface area contributed by atoms with Gasteiger partial charge in [0, 0.05) is 38.3 Å². The Morgan fingerprint density at radius 3 is 2.61 bits per heavy atom. The molecule has 0 radical (unpaired) electrons. The fourth-order valence-electron chi connectivity index (χ4n) is 4.57. The minimum absolute atomic E-state index is 0.0594. The number of nitrogens with zero attached hydrogens (tertiary/aromatic N) is 4. The second kappa shape index (κ2) is 9.91. The van der Waals surface area contributed by atoms with E-state index in [1.165, 1.54) is 6.07 Å². The van der Waals surface area contributed by atoms with Crippen LogP contribution in [0.15, 0.2) is 36.4 Å². The van der Waals surface area contributed by atoms with Gasteiger partial charge in [-0.2, -0.15) is 0 Å². The number of imidazole rings is 1. The quantitative estimate of drug-likeness (QED) is 0.582. The molecule has 0 aliphatic carbocycles. The molecule has 1 saturated heterocycles. The standard InChI is InChI=1S/C26H34FN5O/c1-18-6-9-23-24(16-18)29-25(28-23)21-17-20(7-8-22(21)27)32-14-10-19(11-15-32)26(33)31(4)13-5-12-30(2)3/h6-9,16-17,19H,5,10-15H2,1-4H3,(H,28,29). The molecular weight excluding hydrogens is 417 g/mol. The topological polar surface area (TPSA) is 55.5 Å². The molecule has 33 heavy (non-hydrogen) atoms. The Kier molecular flexibility index (Phi) is 6.98. The number of halogens is 1. The van der Waals surface area contributed by atoms with Gasteiger partial charge in [-0.15, -0.1) is 0 Å². The SMILES string of the molecule is Cc1ccc2nc(-c3cc(N4CCC(C(=O)N(C)CCCN(C)C)CC4)ccc3F)[nH]c2c1. The van der Waals surface area contributed by atoms with Gasteiger partial charge in [0.05, 0.1) is 16.6 Å². The highest BCUT2D eigenvalue weighted by Gasteiger charge is 2.27. The predicted octanol–water partition coefficient (Wildman–Crippen LogP) is 4.30. The summed E-state index contributed by atoms with van der Waals surface area (Å²) in [5.41, 5.74) is 4.30. The number of carbonyl (C=O) groups is 1. The first kappa shape index (κ1) is 23.2. The zero-order valence-electron chi connectivity index (χ0n) is 20.1. The summed E-state index contributed by atoms with van der Waals surface area (Å²) in [5, 5.41) is 0. The molecule has 3 aromatic rings. The maximum Gasteiger partial charge on any atom is 0.225 e. The number of H-pyrrole nitrogens is 1. The molecule has 1 aliphatic rings. The number of hydrogen-bond donors (Lipinski definition) is 1. The van der Waals surface area contributed by atoms with Crippen LogP contribution in [0.5, 0.6) is 0 Å². The number of hydrogen-bond acceptors (Lipinski definition) is 4. The number of amides is 1. The number of benzene rings is 2. The molecule has 2 aromatic carbocycles.